The quantitative estimate of drug-likeness (QED) is 0.575. The molecule has 1 atom stereocenters. The third-order valence-electron chi connectivity index (χ3n) is 3.69. The number of hydrogen-bond acceptors (Lipinski definition) is 4. The monoisotopic (exact) mass is 372 g/mol. The standard InChI is InChI=1S/C19H18Cl2N4/c1-12-10-18(23-13(2)14-6-4-3-5-7-14)25-19(22-12)24-17-11-15(20)8-9-16(17)21/h3-11,13H,1-2H3,(H2,22,23,24,25). The maximum absolute atomic E-state index is 6.20. The molecule has 6 heteroatoms. The topological polar surface area (TPSA) is 49.8 Å². The summed E-state index contributed by atoms with van der Waals surface area (Å²) in [5.74, 6) is 1.21. The van der Waals surface area contributed by atoms with Gasteiger partial charge in [-0.15, -0.1) is 0 Å². The molecule has 0 saturated heterocycles. The van der Waals surface area contributed by atoms with Crippen molar-refractivity contribution < 1.29 is 0 Å². The van der Waals surface area contributed by atoms with E-state index in [2.05, 4.69) is 39.7 Å². The molecule has 1 unspecified atom stereocenters. The molecule has 0 amide bonds. The summed E-state index contributed by atoms with van der Waals surface area (Å²) in [6.45, 7) is 4.01. The Balaban J connectivity index is 1.82. The maximum Gasteiger partial charge on any atom is 0.229 e. The van der Waals surface area contributed by atoms with Crippen LogP contribution >= 0.6 is 23.2 Å². The molecule has 4 nitrogen and oxygen atoms in total. The number of hydrogen-bond donors (Lipinski definition) is 2. The molecule has 0 spiro atoms. The first-order valence-corrected chi connectivity index (χ1v) is 8.66. The molecule has 1 heterocycles. The second-order valence-corrected chi connectivity index (χ2v) is 6.59. The number of halogens is 2. The van der Waals surface area contributed by atoms with Crippen LogP contribution in [0.3, 0.4) is 0 Å². The highest BCUT2D eigenvalue weighted by atomic mass is 35.5. The SMILES string of the molecule is Cc1cc(NC(C)c2ccccc2)nc(Nc2cc(Cl)ccc2Cl)n1. The minimum absolute atomic E-state index is 0.123. The van der Waals surface area contributed by atoms with E-state index < -0.39 is 0 Å². The highest BCUT2D eigenvalue weighted by Gasteiger charge is 2.09. The summed E-state index contributed by atoms with van der Waals surface area (Å²) in [6, 6.07) is 17.5. The Bertz CT molecular complexity index is 869. The largest absolute Gasteiger partial charge is 0.363 e. The molecule has 0 fully saturated rings. The smallest absolute Gasteiger partial charge is 0.229 e. The average Bonchev–Trinajstić information content (AvgIpc) is 2.58. The predicted octanol–water partition coefficient (Wildman–Crippen LogP) is 6.01. The van der Waals surface area contributed by atoms with E-state index in [4.69, 9.17) is 23.2 Å². The Morgan fingerprint density at radius 1 is 0.960 bits per heavy atom. The summed E-state index contributed by atoms with van der Waals surface area (Å²) >= 11 is 12.2. The van der Waals surface area contributed by atoms with Gasteiger partial charge in [-0.25, -0.2) is 4.98 Å². The van der Waals surface area contributed by atoms with Crippen molar-refractivity contribution in [3.05, 3.63) is 75.9 Å². The normalized spacial score (nSPS) is 11.8. The third-order valence-corrected chi connectivity index (χ3v) is 4.26. The molecule has 0 aliphatic heterocycles. The van der Waals surface area contributed by atoms with Gasteiger partial charge in [0.25, 0.3) is 0 Å². The molecular formula is C19H18Cl2N4. The zero-order chi connectivity index (χ0) is 17.8. The van der Waals surface area contributed by atoms with Crippen LogP contribution in [-0.4, -0.2) is 9.97 Å². The number of nitrogens with one attached hydrogen (secondary N) is 2. The van der Waals surface area contributed by atoms with Gasteiger partial charge in [-0.3, -0.25) is 0 Å². The summed E-state index contributed by atoms with van der Waals surface area (Å²) in [4.78, 5) is 8.95. The minimum atomic E-state index is 0.123. The van der Waals surface area contributed by atoms with E-state index in [0.717, 1.165) is 11.5 Å². The maximum atomic E-state index is 6.20. The molecule has 2 N–H and O–H groups in total. The molecule has 3 rings (SSSR count). The zero-order valence-electron chi connectivity index (χ0n) is 13.9. The number of benzene rings is 2. The van der Waals surface area contributed by atoms with Gasteiger partial charge in [-0.05, 0) is 37.6 Å². The van der Waals surface area contributed by atoms with Crippen LogP contribution < -0.4 is 10.6 Å². The first-order chi connectivity index (χ1) is 12.0. The number of rotatable bonds is 5. The molecule has 128 valence electrons. The average molecular weight is 373 g/mol. The fourth-order valence-electron chi connectivity index (χ4n) is 2.46. The van der Waals surface area contributed by atoms with Crippen LogP contribution in [0.4, 0.5) is 17.5 Å². The Kier molecular flexibility index (Phi) is 5.41. The van der Waals surface area contributed by atoms with Crippen LogP contribution in [0.15, 0.2) is 54.6 Å². The molecule has 0 aliphatic rings. The minimum Gasteiger partial charge on any atom is -0.363 e. The molecule has 1 aromatic heterocycles. The Morgan fingerprint density at radius 2 is 1.72 bits per heavy atom. The van der Waals surface area contributed by atoms with Gasteiger partial charge in [-0.1, -0.05) is 53.5 Å². The first-order valence-electron chi connectivity index (χ1n) is 7.90. The fraction of sp³-hybridized carbons (Fsp3) is 0.158. The number of nitrogens with zero attached hydrogens (tertiary/aromatic N) is 2. The Morgan fingerprint density at radius 3 is 2.48 bits per heavy atom. The van der Waals surface area contributed by atoms with Crippen LogP contribution in [0, 0.1) is 6.92 Å². The van der Waals surface area contributed by atoms with Crippen LogP contribution in [-0.2, 0) is 0 Å². The zero-order valence-corrected chi connectivity index (χ0v) is 15.4. The second kappa shape index (κ2) is 7.72. The molecule has 2 aromatic carbocycles. The van der Waals surface area contributed by atoms with Crippen LogP contribution in [0.2, 0.25) is 10.0 Å². The van der Waals surface area contributed by atoms with Crippen molar-refractivity contribution in [3.8, 4) is 0 Å². The lowest BCUT2D eigenvalue weighted by Crippen LogP contribution is -2.10. The highest BCUT2D eigenvalue weighted by Crippen LogP contribution is 2.28. The second-order valence-electron chi connectivity index (χ2n) is 5.74. The lowest BCUT2D eigenvalue weighted by atomic mass is 10.1. The van der Waals surface area contributed by atoms with E-state index in [9.17, 15) is 0 Å². The van der Waals surface area contributed by atoms with E-state index in [0.29, 0.717) is 21.7 Å². The van der Waals surface area contributed by atoms with Crippen LogP contribution in [0.1, 0.15) is 24.2 Å². The molecular weight excluding hydrogens is 355 g/mol. The molecule has 3 aromatic rings. The molecule has 0 bridgehead atoms. The van der Waals surface area contributed by atoms with Gasteiger partial charge in [0.15, 0.2) is 0 Å². The van der Waals surface area contributed by atoms with Crippen molar-refractivity contribution in [3.63, 3.8) is 0 Å². The van der Waals surface area contributed by atoms with Crippen molar-refractivity contribution in [2.24, 2.45) is 0 Å². The Labute approximate surface area is 157 Å². The van der Waals surface area contributed by atoms with Gasteiger partial charge >= 0.3 is 0 Å². The van der Waals surface area contributed by atoms with Crippen molar-refractivity contribution in [1.82, 2.24) is 9.97 Å². The van der Waals surface area contributed by atoms with Gasteiger partial charge < -0.3 is 10.6 Å². The van der Waals surface area contributed by atoms with Gasteiger partial charge in [0.05, 0.1) is 10.7 Å². The van der Waals surface area contributed by atoms with Crippen LogP contribution in [0.25, 0.3) is 0 Å². The number of anilines is 3. The van der Waals surface area contributed by atoms with Gasteiger partial charge in [-0.2, -0.15) is 4.98 Å². The van der Waals surface area contributed by atoms with Gasteiger partial charge in [0.1, 0.15) is 5.82 Å². The summed E-state index contributed by atoms with van der Waals surface area (Å²) in [5.41, 5.74) is 2.70. The summed E-state index contributed by atoms with van der Waals surface area (Å²) in [6.07, 6.45) is 0. The Hall–Kier alpha value is -2.30. The molecule has 25 heavy (non-hydrogen) atoms. The van der Waals surface area contributed by atoms with E-state index in [1.54, 1.807) is 18.2 Å². The van der Waals surface area contributed by atoms with Crippen molar-refractivity contribution in [1.29, 1.82) is 0 Å². The lowest BCUT2D eigenvalue weighted by Gasteiger charge is -2.16. The van der Waals surface area contributed by atoms with Gasteiger partial charge in [0, 0.05) is 22.8 Å². The van der Waals surface area contributed by atoms with E-state index in [-0.39, 0.29) is 6.04 Å². The number of aromatic nitrogens is 2. The predicted molar refractivity (Wildman–Crippen MR) is 105 cm³/mol. The van der Waals surface area contributed by atoms with E-state index in [1.807, 2.05) is 31.2 Å². The summed E-state index contributed by atoms with van der Waals surface area (Å²) in [7, 11) is 0. The van der Waals surface area contributed by atoms with Crippen molar-refractivity contribution >= 4 is 40.7 Å². The fourth-order valence-corrected chi connectivity index (χ4v) is 2.80. The van der Waals surface area contributed by atoms with Crippen molar-refractivity contribution in [2.75, 3.05) is 10.6 Å². The molecule has 0 aliphatic carbocycles. The van der Waals surface area contributed by atoms with Crippen LogP contribution in [0.5, 0.6) is 0 Å². The van der Waals surface area contributed by atoms with Gasteiger partial charge in [0.2, 0.25) is 5.95 Å². The van der Waals surface area contributed by atoms with Crippen molar-refractivity contribution in [2.45, 2.75) is 19.9 Å². The highest BCUT2D eigenvalue weighted by molar-refractivity contribution is 6.35. The molecule has 0 saturated carbocycles. The number of aryl methyl sites for hydroxylation is 1. The molecule has 0 radical (unpaired) electrons. The lowest BCUT2D eigenvalue weighted by molar-refractivity contribution is 0.871. The third kappa shape index (κ3) is 4.62. The first kappa shape index (κ1) is 17.5. The summed E-state index contributed by atoms with van der Waals surface area (Å²) in [5, 5.41) is 7.68. The van der Waals surface area contributed by atoms with E-state index in [1.165, 1.54) is 5.56 Å². The summed E-state index contributed by atoms with van der Waals surface area (Å²) < 4.78 is 0. The van der Waals surface area contributed by atoms with E-state index >= 15 is 0 Å².